The maximum absolute atomic E-state index is 12.8. The summed E-state index contributed by atoms with van der Waals surface area (Å²) in [5.41, 5.74) is 3.33. The molecule has 1 heterocycles. The number of nitrogens with one attached hydrogen (secondary N) is 1. The van der Waals surface area contributed by atoms with Crippen LogP contribution in [0.1, 0.15) is 34.1 Å². The molecular weight excluding hydrogens is 440 g/mol. The number of benzene rings is 2. The highest BCUT2D eigenvalue weighted by Gasteiger charge is 2.15. The smallest absolute Gasteiger partial charge is 0.272 e. The summed E-state index contributed by atoms with van der Waals surface area (Å²) in [5.74, 6) is 0.204. The average molecular weight is 467 g/mol. The summed E-state index contributed by atoms with van der Waals surface area (Å²) in [5, 5.41) is 0. The van der Waals surface area contributed by atoms with Crippen molar-refractivity contribution in [2.45, 2.75) is 26.5 Å². The Labute approximate surface area is 197 Å². The molecule has 0 spiro atoms. The van der Waals surface area contributed by atoms with Crippen molar-refractivity contribution in [3.63, 3.8) is 0 Å². The number of amides is 1. The molecule has 0 aliphatic heterocycles. The van der Waals surface area contributed by atoms with E-state index in [1.165, 1.54) is 7.11 Å². The predicted octanol–water partition coefficient (Wildman–Crippen LogP) is 4.77. The van der Waals surface area contributed by atoms with Crippen LogP contribution in [0.15, 0.2) is 72.9 Å². The fourth-order valence-electron chi connectivity index (χ4n) is 3.06. The van der Waals surface area contributed by atoms with Crippen LogP contribution in [0.25, 0.3) is 6.08 Å². The molecule has 1 amide bonds. The van der Waals surface area contributed by atoms with E-state index in [1.54, 1.807) is 13.0 Å². The van der Waals surface area contributed by atoms with Crippen molar-refractivity contribution in [2.75, 3.05) is 7.11 Å². The van der Waals surface area contributed by atoms with Crippen LogP contribution in [0.4, 0.5) is 0 Å². The fraction of sp³-hybridized carbons (Fsp3) is 0.200. The summed E-state index contributed by atoms with van der Waals surface area (Å²) < 4.78 is 14.6. The van der Waals surface area contributed by atoms with Gasteiger partial charge in [0.25, 0.3) is 5.91 Å². The third-order valence-electron chi connectivity index (χ3n) is 4.77. The van der Waals surface area contributed by atoms with Gasteiger partial charge in [0.05, 0.1) is 12.8 Å². The third-order valence-corrected chi connectivity index (χ3v) is 5.26. The number of carbonyl (C=O) groups is 2. The molecule has 7 nitrogen and oxygen atoms in total. The second-order valence-corrected chi connectivity index (χ2v) is 7.77. The quantitative estimate of drug-likeness (QED) is 0.110. The number of aryl methyl sites for hydroxylation is 1. The first-order chi connectivity index (χ1) is 16.0. The second-order valence-electron chi connectivity index (χ2n) is 7.26. The predicted molar refractivity (Wildman–Crippen MR) is 128 cm³/mol. The normalized spacial score (nSPS) is 12.0. The SMILES string of the molecule is COOSNC(=O)[C@H](C)Oc1cccc(/C=C/Cn2cccc2C(=O)c2ccc(C)cc2)c1. The van der Waals surface area contributed by atoms with E-state index >= 15 is 0 Å². The maximum Gasteiger partial charge on any atom is 0.272 e. The molecule has 3 rings (SSSR count). The lowest BCUT2D eigenvalue weighted by Crippen LogP contribution is -2.32. The van der Waals surface area contributed by atoms with Gasteiger partial charge in [-0.1, -0.05) is 54.1 Å². The minimum atomic E-state index is -0.715. The number of carbonyl (C=O) groups excluding carboxylic acids is 2. The highest BCUT2D eigenvalue weighted by atomic mass is 32.2. The minimum Gasteiger partial charge on any atom is -0.481 e. The van der Waals surface area contributed by atoms with Crippen molar-refractivity contribution >= 4 is 30.0 Å². The highest BCUT2D eigenvalue weighted by Crippen LogP contribution is 2.17. The average Bonchev–Trinajstić information content (AvgIpc) is 3.28. The fourth-order valence-corrected chi connectivity index (χ4v) is 3.41. The molecule has 8 heteroatoms. The summed E-state index contributed by atoms with van der Waals surface area (Å²) in [6, 6.07) is 18.7. The summed E-state index contributed by atoms with van der Waals surface area (Å²) >= 11 is 0.676. The van der Waals surface area contributed by atoms with Crippen molar-refractivity contribution in [3.05, 3.63) is 95.3 Å². The second kappa shape index (κ2) is 12.1. The van der Waals surface area contributed by atoms with E-state index in [0.717, 1.165) is 11.1 Å². The van der Waals surface area contributed by atoms with Gasteiger partial charge in [-0.2, -0.15) is 0 Å². The van der Waals surface area contributed by atoms with Crippen LogP contribution in [0.3, 0.4) is 0 Å². The zero-order valence-corrected chi connectivity index (χ0v) is 19.5. The van der Waals surface area contributed by atoms with Gasteiger partial charge in [0.2, 0.25) is 5.78 Å². The molecule has 3 aromatic rings. The first-order valence-electron chi connectivity index (χ1n) is 10.3. The zero-order chi connectivity index (χ0) is 23.6. The lowest BCUT2D eigenvalue weighted by Gasteiger charge is -2.14. The van der Waals surface area contributed by atoms with Gasteiger partial charge in [-0.05, 0) is 43.7 Å². The minimum absolute atomic E-state index is 0.00914. The Hall–Kier alpha value is -3.33. The molecule has 0 radical (unpaired) electrons. The number of nitrogens with zero attached hydrogens (tertiary/aromatic N) is 1. The van der Waals surface area contributed by atoms with Gasteiger partial charge >= 0.3 is 0 Å². The van der Waals surface area contributed by atoms with Crippen LogP contribution in [0.5, 0.6) is 5.75 Å². The Bertz CT molecular complexity index is 1110. The van der Waals surface area contributed by atoms with Gasteiger partial charge in [-0.25, -0.2) is 4.89 Å². The lowest BCUT2D eigenvalue weighted by atomic mass is 10.1. The van der Waals surface area contributed by atoms with Gasteiger partial charge in [-0.3, -0.25) is 14.3 Å². The Morgan fingerprint density at radius 3 is 2.67 bits per heavy atom. The third kappa shape index (κ3) is 7.08. The van der Waals surface area contributed by atoms with Gasteiger partial charge in [0.1, 0.15) is 5.75 Å². The van der Waals surface area contributed by atoms with E-state index in [9.17, 15) is 9.59 Å². The molecule has 1 atom stereocenters. The van der Waals surface area contributed by atoms with Gasteiger partial charge in [0.15, 0.2) is 18.3 Å². The van der Waals surface area contributed by atoms with Crippen molar-refractivity contribution < 1.29 is 23.5 Å². The lowest BCUT2D eigenvalue weighted by molar-refractivity contribution is -0.161. The van der Waals surface area contributed by atoms with Gasteiger partial charge < -0.3 is 9.30 Å². The van der Waals surface area contributed by atoms with Crippen molar-refractivity contribution in [2.24, 2.45) is 0 Å². The maximum atomic E-state index is 12.8. The van der Waals surface area contributed by atoms with E-state index in [-0.39, 0.29) is 11.7 Å². The highest BCUT2D eigenvalue weighted by molar-refractivity contribution is 7.93. The summed E-state index contributed by atoms with van der Waals surface area (Å²) in [6.07, 6.45) is 5.09. The number of rotatable bonds is 11. The molecule has 0 aliphatic rings. The van der Waals surface area contributed by atoms with Crippen LogP contribution >= 0.6 is 12.2 Å². The van der Waals surface area contributed by atoms with E-state index in [2.05, 4.69) is 13.9 Å². The summed E-state index contributed by atoms with van der Waals surface area (Å²) in [4.78, 5) is 29.2. The summed E-state index contributed by atoms with van der Waals surface area (Å²) in [6.45, 7) is 4.18. The number of hydrogen-bond acceptors (Lipinski definition) is 6. The van der Waals surface area contributed by atoms with E-state index < -0.39 is 6.10 Å². The van der Waals surface area contributed by atoms with Crippen molar-refractivity contribution in [1.82, 2.24) is 9.29 Å². The summed E-state index contributed by atoms with van der Waals surface area (Å²) in [7, 11) is 1.34. The number of ether oxygens (including phenoxy) is 1. The zero-order valence-electron chi connectivity index (χ0n) is 18.7. The molecule has 172 valence electrons. The Morgan fingerprint density at radius 2 is 1.91 bits per heavy atom. The molecule has 0 saturated carbocycles. The van der Waals surface area contributed by atoms with Gasteiger partial charge in [-0.15, -0.1) is 4.33 Å². The van der Waals surface area contributed by atoms with Gasteiger partial charge in [0, 0.05) is 18.3 Å². The number of allylic oxidation sites excluding steroid dienone is 1. The molecule has 0 aliphatic carbocycles. The molecule has 0 saturated heterocycles. The standard InChI is InChI=1S/C25H26N2O5S/c1-18-11-13-21(14-12-18)24(28)23-10-6-16-27(23)15-5-8-20-7-4-9-22(17-20)31-19(2)25(29)26-33-32-30-3/h4-14,16-17,19H,15H2,1-3H3,(H,26,29)/b8-5+/t19-/m0/s1. The molecule has 1 N–H and O–H groups in total. The topological polar surface area (TPSA) is 78.8 Å². The molecule has 33 heavy (non-hydrogen) atoms. The number of hydrogen-bond donors (Lipinski definition) is 1. The number of aromatic nitrogens is 1. The Kier molecular flexibility index (Phi) is 8.88. The van der Waals surface area contributed by atoms with Crippen molar-refractivity contribution in [1.29, 1.82) is 0 Å². The largest absolute Gasteiger partial charge is 0.481 e. The van der Waals surface area contributed by atoms with Crippen LogP contribution in [-0.2, 0) is 20.6 Å². The molecule has 1 aromatic heterocycles. The van der Waals surface area contributed by atoms with Crippen molar-refractivity contribution in [3.8, 4) is 5.75 Å². The Morgan fingerprint density at radius 1 is 1.12 bits per heavy atom. The first-order valence-corrected chi connectivity index (χ1v) is 11.1. The van der Waals surface area contributed by atoms with Crippen LogP contribution in [-0.4, -0.2) is 29.5 Å². The van der Waals surface area contributed by atoms with Crippen LogP contribution in [0, 0.1) is 6.92 Å². The van der Waals surface area contributed by atoms with Crippen LogP contribution < -0.4 is 9.46 Å². The van der Waals surface area contributed by atoms with E-state index in [1.807, 2.05) is 84.4 Å². The monoisotopic (exact) mass is 466 g/mol. The molecule has 0 unspecified atom stereocenters. The molecule has 0 fully saturated rings. The first kappa shape index (κ1) is 24.3. The molecular formula is C25H26N2O5S. The van der Waals surface area contributed by atoms with E-state index in [4.69, 9.17) is 4.74 Å². The molecule has 2 aromatic carbocycles. The van der Waals surface area contributed by atoms with Crippen LogP contribution in [0.2, 0.25) is 0 Å². The molecule has 0 bridgehead atoms. The number of ketones is 1. The Balaban J connectivity index is 1.60. The van der Waals surface area contributed by atoms with E-state index in [0.29, 0.717) is 35.8 Å².